The van der Waals surface area contributed by atoms with Crippen molar-refractivity contribution >= 4 is 39.9 Å². The van der Waals surface area contributed by atoms with E-state index in [0.717, 1.165) is 10.4 Å². The lowest BCUT2D eigenvalue weighted by atomic mass is 10.1. The van der Waals surface area contributed by atoms with E-state index >= 15 is 0 Å². The van der Waals surface area contributed by atoms with Crippen molar-refractivity contribution in [3.8, 4) is 0 Å². The monoisotopic (exact) mass is 449 g/mol. The van der Waals surface area contributed by atoms with Gasteiger partial charge < -0.3 is 4.90 Å². The molecule has 0 atom stereocenters. The maximum Gasteiger partial charge on any atom is 0.262 e. The standard InChI is InChI=1S/C24H23N3O2S2/c1-17-9-11-18(12-10-17)14-27-23(29)20-7-3-4-8-21(20)25-24(27)31-16-22(28)26(2)15-19-6-5-13-30-19/h3-13H,14-16H2,1-2H3. The van der Waals surface area contributed by atoms with Crippen LogP contribution in [0.4, 0.5) is 0 Å². The van der Waals surface area contributed by atoms with Crippen LogP contribution in [0.5, 0.6) is 0 Å². The molecule has 2 heterocycles. The molecule has 0 spiro atoms. The largest absolute Gasteiger partial charge is 0.340 e. The van der Waals surface area contributed by atoms with E-state index in [1.807, 2.05) is 66.9 Å². The first-order valence-electron chi connectivity index (χ1n) is 9.95. The van der Waals surface area contributed by atoms with E-state index in [2.05, 4.69) is 0 Å². The highest BCUT2D eigenvalue weighted by atomic mass is 32.2. The Bertz CT molecular complexity index is 1250. The zero-order chi connectivity index (χ0) is 21.8. The summed E-state index contributed by atoms with van der Waals surface area (Å²) < 4.78 is 1.67. The molecule has 0 radical (unpaired) electrons. The molecule has 0 bridgehead atoms. The predicted molar refractivity (Wildman–Crippen MR) is 128 cm³/mol. The van der Waals surface area contributed by atoms with E-state index in [4.69, 9.17) is 4.98 Å². The van der Waals surface area contributed by atoms with Gasteiger partial charge in [-0.3, -0.25) is 14.2 Å². The number of nitrogens with zero attached hydrogens (tertiary/aromatic N) is 3. The molecule has 4 rings (SSSR count). The van der Waals surface area contributed by atoms with Gasteiger partial charge in [-0.25, -0.2) is 4.98 Å². The van der Waals surface area contributed by atoms with Gasteiger partial charge in [0.15, 0.2) is 5.16 Å². The maximum atomic E-state index is 13.2. The molecular formula is C24H23N3O2S2. The number of carbonyl (C=O) groups is 1. The Morgan fingerprint density at radius 1 is 1.10 bits per heavy atom. The first kappa shape index (κ1) is 21.3. The molecule has 5 nitrogen and oxygen atoms in total. The van der Waals surface area contributed by atoms with Crippen LogP contribution in [-0.2, 0) is 17.9 Å². The maximum absolute atomic E-state index is 13.2. The molecule has 0 N–H and O–H groups in total. The molecule has 0 unspecified atom stereocenters. The van der Waals surface area contributed by atoms with Gasteiger partial charge >= 0.3 is 0 Å². The van der Waals surface area contributed by atoms with E-state index in [-0.39, 0.29) is 17.2 Å². The molecule has 31 heavy (non-hydrogen) atoms. The number of benzene rings is 2. The van der Waals surface area contributed by atoms with Crippen molar-refractivity contribution in [1.29, 1.82) is 0 Å². The first-order chi connectivity index (χ1) is 15.0. The third-order valence-corrected chi connectivity index (χ3v) is 6.83. The summed E-state index contributed by atoms with van der Waals surface area (Å²) >= 11 is 2.94. The van der Waals surface area contributed by atoms with E-state index in [1.54, 1.807) is 33.9 Å². The van der Waals surface area contributed by atoms with Gasteiger partial charge in [0.25, 0.3) is 5.56 Å². The predicted octanol–water partition coefficient (Wildman–Crippen LogP) is 4.57. The van der Waals surface area contributed by atoms with Crippen molar-refractivity contribution in [2.45, 2.75) is 25.2 Å². The number of aryl methyl sites for hydroxylation is 1. The zero-order valence-corrected chi connectivity index (χ0v) is 19.1. The lowest BCUT2D eigenvalue weighted by molar-refractivity contribution is -0.127. The van der Waals surface area contributed by atoms with Crippen LogP contribution in [0.3, 0.4) is 0 Å². The highest BCUT2D eigenvalue weighted by molar-refractivity contribution is 7.99. The third kappa shape index (κ3) is 5.06. The first-order valence-corrected chi connectivity index (χ1v) is 11.8. The summed E-state index contributed by atoms with van der Waals surface area (Å²) in [5.41, 5.74) is 2.75. The molecule has 0 aliphatic carbocycles. The fourth-order valence-electron chi connectivity index (χ4n) is 3.23. The number of thioether (sulfide) groups is 1. The van der Waals surface area contributed by atoms with Crippen LogP contribution in [0.25, 0.3) is 10.9 Å². The van der Waals surface area contributed by atoms with Crippen molar-refractivity contribution in [2.24, 2.45) is 0 Å². The number of rotatable bonds is 7. The summed E-state index contributed by atoms with van der Waals surface area (Å²) in [6, 6.07) is 19.4. The summed E-state index contributed by atoms with van der Waals surface area (Å²) in [6.45, 7) is 3.03. The van der Waals surface area contributed by atoms with Crippen LogP contribution in [0, 0.1) is 6.92 Å². The van der Waals surface area contributed by atoms with E-state index in [1.165, 1.54) is 17.3 Å². The second-order valence-electron chi connectivity index (χ2n) is 7.41. The molecular weight excluding hydrogens is 426 g/mol. The normalized spacial score (nSPS) is 11.0. The highest BCUT2D eigenvalue weighted by Crippen LogP contribution is 2.20. The molecule has 0 aliphatic heterocycles. The van der Waals surface area contributed by atoms with Crippen molar-refractivity contribution in [3.63, 3.8) is 0 Å². The van der Waals surface area contributed by atoms with Gasteiger partial charge in [-0.05, 0) is 36.1 Å². The van der Waals surface area contributed by atoms with Gasteiger partial charge in [-0.1, -0.05) is 59.8 Å². The Balaban J connectivity index is 1.60. The van der Waals surface area contributed by atoms with E-state index < -0.39 is 0 Å². The second kappa shape index (κ2) is 9.49. The number of carbonyl (C=O) groups excluding carboxylic acids is 1. The summed E-state index contributed by atoms with van der Waals surface area (Å²) in [4.78, 5) is 33.5. The summed E-state index contributed by atoms with van der Waals surface area (Å²) in [5.74, 6) is 0.225. The minimum absolute atomic E-state index is 0.00249. The van der Waals surface area contributed by atoms with E-state index in [0.29, 0.717) is 29.1 Å². The number of hydrogen-bond acceptors (Lipinski definition) is 5. The van der Waals surface area contributed by atoms with Gasteiger partial charge in [0.2, 0.25) is 5.91 Å². The summed E-state index contributed by atoms with van der Waals surface area (Å²) in [5, 5.41) is 3.15. The summed E-state index contributed by atoms with van der Waals surface area (Å²) in [6.07, 6.45) is 0. The number of amides is 1. The van der Waals surface area contributed by atoms with Gasteiger partial charge in [0.1, 0.15) is 0 Å². The van der Waals surface area contributed by atoms with Gasteiger partial charge in [-0.15, -0.1) is 11.3 Å². The lowest BCUT2D eigenvalue weighted by Crippen LogP contribution is -2.28. The lowest BCUT2D eigenvalue weighted by Gasteiger charge is -2.17. The van der Waals surface area contributed by atoms with Crippen LogP contribution in [0.2, 0.25) is 0 Å². The Kier molecular flexibility index (Phi) is 6.53. The minimum atomic E-state index is -0.0898. The molecule has 0 aliphatic rings. The van der Waals surface area contributed by atoms with Crippen LogP contribution in [0.15, 0.2) is 76.0 Å². The zero-order valence-electron chi connectivity index (χ0n) is 17.4. The van der Waals surface area contributed by atoms with Crippen LogP contribution in [-0.4, -0.2) is 33.2 Å². The van der Waals surface area contributed by atoms with Crippen molar-refractivity contribution in [1.82, 2.24) is 14.5 Å². The number of para-hydroxylation sites is 1. The van der Waals surface area contributed by atoms with Crippen LogP contribution >= 0.6 is 23.1 Å². The minimum Gasteiger partial charge on any atom is -0.340 e. The topological polar surface area (TPSA) is 55.2 Å². The fraction of sp³-hybridized carbons (Fsp3) is 0.208. The Morgan fingerprint density at radius 3 is 2.61 bits per heavy atom. The number of fused-ring (bicyclic) bond motifs is 1. The molecule has 1 amide bonds. The number of hydrogen-bond donors (Lipinski definition) is 0. The third-order valence-electron chi connectivity index (χ3n) is 5.01. The van der Waals surface area contributed by atoms with Gasteiger partial charge in [0, 0.05) is 11.9 Å². The molecule has 2 aromatic carbocycles. The molecule has 0 saturated heterocycles. The molecule has 0 saturated carbocycles. The van der Waals surface area contributed by atoms with Crippen molar-refractivity contribution in [3.05, 3.63) is 92.4 Å². The average Bonchev–Trinajstić information content (AvgIpc) is 3.28. The highest BCUT2D eigenvalue weighted by Gasteiger charge is 2.16. The number of aromatic nitrogens is 2. The fourth-order valence-corrected chi connectivity index (χ4v) is 4.93. The average molecular weight is 450 g/mol. The molecule has 4 aromatic rings. The summed E-state index contributed by atoms with van der Waals surface area (Å²) in [7, 11) is 1.80. The smallest absolute Gasteiger partial charge is 0.262 e. The SMILES string of the molecule is Cc1ccc(Cn2c(SCC(=O)N(C)Cc3cccs3)nc3ccccc3c2=O)cc1. The Labute approximate surface area is 189 Å². The van der Waals surface area contributed by atoms with Crippen molar-refractivity contribution < 1.29 is 4.79 Å². The number of thiophene rings is 1. The van der Waals surface area contributed by atoms with Crippen LogP contribution < -0.4 is 5.56 Å². The molecule has 0 fully saturated rings. The van der Waals surface area contributed by atoms with E-state index in [9.17, 15) is 9.59 Å². The quantitative estimate of drug-likeness (QED) is 0.306. The molecule has 2 aromatic heterocycles. The molecule has 158 valence electrons. The molecule has 7 heteroatoms. The van der Waals surface area contributed by atoms with Crippen molar-refractivity contribution in [2.75, 3.05) is 12.8 Å². The van der Waals surface area contributed by atoms with Crippen LogP contribution in [0.1, 0.15) is 16.0 Å². The second-order valence-corrected chi connectivity index (χ2v) is 9.38. The van der Waals surface area contributed by atoms with Gasteiger partial charge in [-0.2, -0.15) is 0 Å². The Hall–Kier alpha value is -2.90. The van der Waals surface area contributed by atoms with Gasteiger partial charge in [0.05, 0.1) is 29.7 Å². The Morgan fingerprint density at radius 2 is 1.87 bits per heavy atom.